The average molecular weight is 343 g/mol. The number of carbonyl (C=O) groups is 1. The third-order valence-electron chi connectivity index (χ3n) is 3.39. The molecule has 0 N–H and O–H groups in total. The molecule has 0 spiro atoms. The van der Waals surface area contributed by atoms with Gasteiger partial charge in [0.2, 0.25) is 0 Å². The van der Waals surface area contributed by atoms with E-state index in [1.54, 1.807) is 0 Å². The predicted molar refractivity (Wildman–Crippen MR) is 73.8 cm³/mol. The highest BCUT2D eigenvalue weighted by atomic mass is 19.4. The molecule has 1 aliphatic heterocycles. The molecule has 24 heavy (non-hydrogen) atoms. The lowest BCUT2D eigenvalue weighted by molar-refractivity contribution is -0.274. The second-order valence-corrected chi connectivity index (χ2v) is 4.92. The molecule has 0 unspecified atom stereocenters. The lowest BCUT2D eigenvalue weighted by Gasteiger charge is -2.26. The SMILES string of the molecule is COc1ccc(OC(F)(F)F)c(C(=O)N2CCCn3nnnc32)c1. The van der Waals surface area contributed by atoms with Crippen LogP contribution in [0.5, 0.6) is 11.5 Å². The van der Waals surface area contributed by atoms with Gasteiger partial charge in [0.15, 0.2) is 0 Å². The van der Waals surface area contributed by atoms with Gasteiger partial charge in [-0.1, -0.05) is 5.10 Å². The van der Waals surface area contributed by atoms with Crippen LogP contribution in [-0.2, 0) is 6.54 Å². The van der Waals surface area contributed by atoms with Crippen LogP contribution in [0.15, 0.2) is 18.2 Å². The van der Waals surface area contributed by atoms with Crippen molar-refractivity contribution in [3.63, 3.8) is 0 Å². The standard InChI is InChI=1S/C13H12F3N5O3/c1-23-8-3-4-10(24-13(14,15)16)9(7-8)11(22)20-5-2-6-21-12(20)17-18-19-21/h3-4,7H,2,5-6H2,1H3. The summed E-state index contributed by atoms with van der Waals surface area (Å²) >= 11 is 0. The number of halogens is 3. The van der Waals surface area contributed by atoms with Gasteiger partial charge in [-0.3, -0.25) is 9.69 Å². The number of hydrogen-bond acceptors (Lipinski definition) is 6. The van der Waals surface area contributed by atoms with Crippen LogP contribution in [0, 0.1) is 0 Å². The van der Waals surface area contributed by atoms with Crippen LogP contribution in [-0.4, -0.2) is 46.1 Å². The molecule has 0 bridgehead atoms. The van der Waals surface area contributed by atoms with E-state index in [9.17, 15) is 18.0 Å². The van der Waals surface area contributed by atoms with Crippen molar-refractivity contribution in [1.82, 2.24) is 20.2 Å². The fourth-order valence-corrected chi connectivity index (χ4v) is 2.37. The number of tetrazole rings is 1. The molecule has 0 fully saturated rings. The molecule has 0 aliphatic carbocycles. The molecule has 11 heteroatoms. The molecule has 2 aromatic rings. The Labute approximate surface area is 133 Å². The summed E-state index contributed by atoms with van der Waals surface area (Å²) in [6.07, 6.45) is -4.35. The number of carbonyl (C=O) groups excluding carboxylic acids is 1. The Bertz CT molecular complexity index is 762. The number of anilines is 1. The van der Waals surface area contributed by atoms with Crippen molar-refractivity contribution in [3.8, 4) is 11.5 Å². The quantitative estimate of drug-likeness (QED) is 0.842. The Balaban J connectivity index is 2.00. The van der Waals surface area contributed by atoms with Gasteiger partial charge in [0.1, 0.15) is 11.5 Å². The molecule has 1 amide bonds. The number of nitrogens with zero attached hydrogens (tertiary/aromatic N) is 5. The summed E-state index contributed by atoms with van der Waals surface area (Å²) in [5.74, 6) is -0.918. The smallest absolute Gasteiger partial charge is 0.497 e. The Hall–Kier alpha value is -2.85. The summed E-state index contributed by atoms with van der Waals surface area (Å²) in [5, 5.41) is 10.9. The van der Waals surface area contributed by atoms with E-state index in [-0.39, 0.29) is 23.8 Å². The van der Waals surface area contributed by atoms with Crippen molar-refractivity contribution in [2.24, 2.45) is 0 Å². The maximum Gasteiger partial charge on any atom is 0.573 e. The highest BCUT2D eigenvalue weighted by Gasteiger charge is 2.35. The van der Waals surface area contributed by atoms with Crippen molar-refractivity contribution < 1.29 is 27.4 Å². The average Bonchev–Trinajstić information content (AvgIpc) is 3.01. The first-order valence-electron chi connectivity index (χ1n) is 6.91. The van der Waals surface area contributed by atoms with Crippen LogP contribution < -0.4 is 14.4 Å². The van der Waals surface area contributed by atoms with E-state index in [2.05, 4.69) is 20.3 Å². The van der Waals surface area contributed by atoms with E-state index in [4.69, 9.17) is 4.74 Å². The van der Waals surface area contributed by atoms with Crippen LogP contribution in [0.25, 0.3) is 0 Å². The van der Waals surface area contributed by atoms with Gasteiger partial charge in [-0.2, -0.15) is 0 Å². The molecule has 2 heterocycles. The molecule has 3 rings (SSSR count). The third-order valence-corrected chi connectivity index (χ3v) is 3.39. The van der Waals surface area contributed by atoms with Gasteiger partial charge in [-0.15, -0.1) is 13.2 Å². The number of hydrogen-bond donors (Lipinski definition) is 0. The Kier molecular flexibility index (Phi) is 3.99. The molecule has 0 saturated carbocycles. The summed E-state index contributed by atoms with van der Waals surface area (Å²) in [5.41, 5.74) is -0.289. The van der Waals surface area contributed by atoms with Gasteiger partial charge in [-0.05, 0) is 35.0 Å². The molecule has 0 saturated heterocycles. The Morgan fingerprint density at radius 3 is 2.79 bits per heavy atom. The molecule has 1 aromatic carbocycles. The number of fused-ring (bicyclic) bond motifs is 1. The molecule has 0 radical (unpaired) electrons. The molecular weight excluding hydrogens is 331 g/mol. The molecule has 1 aromatic heterocycles. The van der Waals surface area contributed by atoms with E-state index >= 15 is 0 Å². The number of alkyl halides is 3. The van der Waals surface area contributed by atoms with Gasteiger partial charge < -0.3 is 9.47 Å². The van der Waals surface area contributed by atoms with E-state index in [1.807, 2.05) is 0 Å². The van der Waals surface area contributed by atoms with Crippen molar-refractivity contribution in [2.45, 2.75) is 19.3 Å². The van der Waals surface area contributed by atoms with Crippen molar-refractivity contribution in [2.75, 3.05) is 18.6 Å². The highest BCUT2D eigenvalue weighted by Crippen LogP contribution is 2.31. The molecule has 0 atom stereocenters. The maximum absolute atomic E-state index is 12.7. The topological polar surface area (TPSA) is 82.4 Å². The predicted octanol–water partition coefficient (Wildman–Crippen LogP) is 1.63. The third kappa shape index (κ3) is 3.09. The highest BCUT2D eigenvalue weighted by molar-refractivity contribution is 6.07. The summed E-state index contributed by atoms with van der Waals surface area (Å²) in [6.45, 7) is 0.804. The van der Waals surface area contributed by atoms with Crippen molar-refractivity contribution in [1.29, 1.82) is 0 Å². The largest absolute Gasteiger partial charge is 0.573 e. The fraction of sp³-hybridized carbons (Fsp3) is 0.385. The van der Waals surface area contributed by atoms with Crippen LogP contribution >= 0.6 is 0 Å². The minimum atomic E-state index is -4.92. The van der Waals surface area contributed by atoms with E-state index in [0.717, 1.165) is 6.07 Å². The second-order valence-electron chi connectivity index (χ2n) is 4.92. The van der Waals surface area contributed by atoms with Gasteiger partial charge in [0, 0.05) is 13.1 Å². The zero-order chi connectivity index (χ0) is 17.3. The maximum atomic E-state index is 12.7. The molecule has 8 nitrogen and oxygen atoms in total. The first-order chi connectivity index (χ1) is 11.4. The monoisotopic (exact) mass is 343 g/mol. The number of amides is 1. The number of ether oxygens (including phenoxy) is 2. The molecule has 128 valence electrons. The normalized spacial score (nSPS) is 14.2. The molecule has 1 aliphatic rings. The van der Waals surface area contributed by atoms with Crippen molar-refractivity contribution >= 4 is 11.9 Å². The number of aryl methyl sites for hydroxylation is 1. The number of aromatic nitrogens is 4. The minimum Gasteiger partial charge on any atom is -0.497 e. The first kappa shape index (κ1) is 16.0. The van der Waals surface area contributed by atoms with E-state index in [0.29, 0.717) is 13.0 Å². The number of benzene rings is 1. The Morgan fingerprint density at radius 1 is 1.29 bits per heavy atom. The second kappa shape index (κ2) is 5.98. The summed E-state index contributed by atoms with van der Waals surface area (Å²) in [7, 11) is 1.34. The number of rotatable bonds is 3. The van der Waals surface area contributed by atoms with Crippen LogP contribution in [0.2, 0.25) is 0 Å². The summed E-state index contributed by atoms with van der Waals surface area (Å²) < 4.78 is 48.1. The van der Waals surface area contributed by atoms with Gasteiger partial charge in [0.05, 0.1) is 12.7 Å². The lowest BCUT2D eigenvalue weighted by Crippen LogP contribution is -2.38. The zero-order valence-corrected chi connectivity index (χ0v) is 12.4. The van der Waals surface area contributed by atoms with Crippen LogP contribution in [0.4, 0.5) is 19.1 Å². The zero-order valence-electron chi connectivity index (χ0n) is 12.4. The minimum absolute atomic E-state index is 0.173. The summed E-state index contributed by atoms with van der Waals surface area (Å²) in [4.78, 5) is 14.0. The lowest BCUT2D eigenvalue weighted by atomic mass is 10.1. The fourth-order valence-electron chi connectivity index (χ4n) is 2.37. The van der Waals surface area contributed by atoms with Crippen LogP contribution in [0.1, 0.15) is 16.8 Å². The Morgan fingerprint density at radius 2 is 2.08 bits per heavy atom. The number of methoxy groups -OCH3 is 1. The molecular formula is C13H12F3N5O3. The van der Waals surface area contributed by atoms with E-state index in [1.165, 1.54) is 28.8 Å². The van der Waals surface area contributed by atoms with Crippen LogP contribution in [0.3, 0.4) is 0 Å². The first-order valence-corrected chi connectivity index (χ1v) is 6.91. The summed E-state index contributed by atoms with van der Waals surface area (Å²) in [6, 6.07) is 3.50. The van der Waals surface area contributed by atoms with Crippen molar-refractivity contribution in [3.05, 3.63) is 23.8 Å². The van der Waals surface area contributed by atoms with Gasteiger partial charge in [-0.25, -0.2) is 4.68 Å². The van der Waals surface area contributed by atoms with Gasteiger partial charge >= 0.3 is 6.36 Å². The van der Waals surface area contributed by atoms with Gasteiger partial charge in [0.25, 0.3) is 11.9 Å². The van der Waals surface area contributed by atoms with E-state index < -0.39 is 18.0 Å².